The number of H-pyrrole nitrogens is 1. The van der Waals surface area contributed by atoms with Crippen LogP contribution in [0.5, 0.6) is 0 Å². The molecule has 0 aliphatic rings. The number of anilines is 1. The molecule has 4 aromatic rings. The lowest BCUT2D eigenvalue weighted by Gasteiger charge is -2.21. The normalized spacial score (nSPS) is 11.8. The summed E-state index contributed by atoms with van der Waals surface area (Å²) in [7, 11) is 0. The molecule has 0 aliphatic heterocycles. The van der Waals surface area contributed by atoms with Crippen molar-refractivity contribution in [1.82, 2.24) is 4.98 Å². The first kappa shape index (κ1) is 16.0. The summed E-state index contributed by atoms with van der Waals surface area (Å²) < 4.78 is 0. The number of para-hydroxylation sites is 1. The van der Waals surface area contributed by atoms with Crippen molar-refractivity contribution in [3.05, 3.63) is 101 Å². The van der Waals surface area contributed by atoms with Crippen LogP contribution in [0.1, 0.15) is 28.4 Å². The third kappa shape index (κ3) is 2.94. The quantitative estimate of drug-likeness (QED) is 0.513. The van der Waals surface area contributed by atoms with Gasteiger partial charge in [0.15, 0.2) is 0 Å². The minimum Gasteiger partial charge on any atom is -0.373 e. The number of aromatic amines is 1. The zero-order chi connectivity index (χ0) is 17.9. The molecule has 1 heterocycles. The van der Waals surface area contributed by atoms with Gasteiger partial charge in [-0.2, -0.15) is 5.26 Å². The van der Waals surface area contributed by atoms with Crippen LogP contribution < -0.4 is 5.32 Å². The fraction of sp³-hybridized carbons (Fsp3) is 0.0870. The van der Waals surface area contributed by atoms with Gasteiger partial charge in [0.1, 0.15) is 0 Å². The number of nitrogens with zero attached hydrogens (tertiary/aromatic N) is 1. The summed E-state index contributed by atoms with van der Waals surface area (Å²) in [6.45, 7) is 2.16. The van der Waals surface area contributed by atoms with E-state index in [1.807, 2.05) is 36.4 Å². The number of hydrogen-bond acceptors (Lipinski definition) is 2. The molecule has 0 amide bonds. The molecule has 0 saturated heterocycles. The van der Waals surface area contributed by atoms with E-state index in [2.05, 4.69) is 65.8 Å². The van der Waals surface area contributed by atoms with E-state index >= 15 is 0 Å². The highest BCUT2D eigenvalue weighted by atomic mass is 15.0. The van der Waals surface area contributed by atoms with Gasteiger partial charge in [-0.1, -0.05) is 48.5 Å². The van der Waals surface area contributed by atoms with E-state index in [0.29, 0.717) is 5.56 Å². The van der Waals surface area contributed by atoms with Gasteiger partial charge in [0.05, 0.1) is 17.7 Å². The van der Waals surface area contributed by atoms with E-state index in [-0.39, 0.29) is 6.04 Å². The molecule has 1 aromatic heterocycles. The molecular formula is C23H19N3. The van der Waals surface area contributed by atoms with Crippen molar-refractivity contribution in [2.45, 2.75) is 13.0 Å². The maximum absolute atomic E-state index is 9.01. The van der Waals surface area contributed by atoms with Gasteiger partial charge in [0, 0.05) is 22.3 Å². The molecule has 4 rings (SSSR count). The molecule has 2 N–H and O–H groups in total. The summed E-state index contributed by atoms with van der Waals surface area (Å²) in [6, 6.07) is 28.5. The van der Waals surface area contributed by atoms with Crippen LogP contribution in [0, 0.1) is 18.3 Å². The molecule has 0 radical (unpaired) electrons. The standard InChI is InChI=1S/C23H19N3/c1-16-20-9-5-6-10-21(20)26-22(16)23(18-7-3-2-4-8-18)25-19-13-11-17(15-24)12-14-19/h2-14,23,25-26H,1H3. The fourth-order valence-corrected chi connectivity index (χ4v) is 3.37. The Balaban J connectivity index is 1.80. The Morgan fingerprint density at radius 3 is 2.27 bits per heavy atom. The number of rotatable bonds is 4. The summed E-state index contributed by atoms with van der Waals surface area (Å²) in [6.07, 6.45) is 0. The number of nitrogens with one attached hydrogen (secondary N) is 2. The second-order valence-corrected chi connectivity index (χ2v) is 6.39. The lowest BCUT2D eigenvalue weighted by Crippen LogP contribution is -2.13. The average Bonchev–Trinajstić information content (AvgIpc) is 3.04. The third-order valence-electron chi connectivity index (χ3n) is 4.75. The van der Waals surface area contributed by atoms with Gasteiger partial charge < -0.3 is 10.3 Å². The summed E-state index contributed by atoms with van der Waals surface area (Å²) in [5.74, 6) is 0. The Hall–Kier alpha value is -3.51. The summed E-state index contributed by atoms with van der Waals surface area (Å²) in [5.41, 5.74) is 6.37. The minimum absolute atomic E-state index is 0.00321. The first-order valence-corrected chi connectivity index (χ1v) is 8.65. The molecule has 0 fully saturated rings. The van der Waals surface area contributed by atoms with Crippen LogP contribution in [0.4, 0.5) is 5.69 Å². The molecule has 26 heavy (non-hydrogen) atoms. The largest absolute Gasteiger partial charge is 0.373 e. The molecule has 3 aromatic carbocycles. The maximum Gasteiger partial charge on any atom is 0.0991 e. The van der Waals surface area contributed by atoms with Crippen molar-refractivity contribution < 1.29 is 0 Å². The number of nitriles is 1. The monoisotopic (exact) mass is 337 g/mol. The van der Waals surface area contributed by atoms with Crippen LogP contribution in [-0.4, -0.2) is 4.98 Å². The summed E-state index contributed by atoms with van der Waals surface area (Å²) >= 11 is 0. The van der Waals surface area contributed by atoms with Gasteiger partial charge in [-0.3, -0.25) is 0 Å². The van der Waals surface area contributed by atoms with Crippen LogP contribution in [0.15, 0.2) is 78.9 Å². The topological polar surface area (TPSA) is 51.6 Å². The predicted octanol–water partition coefficient (Wildman–Crippen LogP) is 5.55. The molecule has 1 unspecified atom stereocenters. The van der Waals surface area contributed by atoms with E-state index in [1.54, 1.807) is 0 Å². The van der Waals surface area contributed by atoms with Gasteiger partial charge >= 0.3 is 0 Å². The van der Waals surface area contributed by atoms with Crippen molar-refractivity contribution in [2.75, 3.05) is 5.32 Å². The second kappa shape index (κ2) is 6.78. The van der Waals surface area contributed by atoms with Crippen LogP contribution in [0.2, 0.25) is 0 Å². The molecule has 1 atom stereocenters. The Morgan fingerprint density at radius 2 is 1.58 bits per heavy atom. The highest BCUT2D eigenvalue weighted by Crippen LogP contribution is 2.32. The number of aryl methyl sites for hydroxylation is 1. The SMILES string of the molecule is Cc1c(C(Nc2ccc(C#N)cc2)c2ccccc2)[nH]c2ccccc12. The maximum atomic E-state index is 9.01. The first-order valence-electron chi connectivity index (χ1n) is 8.65. The lowest BCUT2D eigenvalue weighted by atomic mass is 9.99. The van der Waals surface area contributed by atoms with Crippen molar-refractivity contribution in [3.63, 3.8) is 0 Å². The molecule has 0 saturated carbocycles. The molecule has 0 bridgehead atoms. The van der Waals surface area contributed by atoms with Crippen molar-refractivity contribution in [1.29, 1.82) is 5.26 Å². The van der Waals surface area contributed by atoms with Crippen LogP contribution in [0.25, 0.3) is 10.9 Å². The Bertz CT molecular complexity index is 1070. The molecule has 3 nitrogen and oxygen atoms in total. The summed E-state index contributed by atoms with van der Waals surface area (Å²) in [5, 5.41) is 13.9. The first-order chi connectivity index (χ1) is 12.8. The number of fused-ring (bicyclic) bond motifs is 1. The van der Waals surface area contributed by atoms with Gasteiger partial charge in [0.25, 0.3) is 0 Å². The zero-order valence-corrected chi connectivity index (χ0v) is 14.5. The van der Waals surface area contributed by atoms with E-state index in [4.69, 9.17) is 5.26 Å². The van der Waals surface area contributed by atoms with Crippen molar-refractivity contribution >= 4 is 16.6 Å². The van der Waals surface area contributed by atoms with Gasteiger partial charge in [-0.25, -0.2) is 0 Å². The van der Waals surface area contributed by atoms with Crippen LogP contribution in [0.3, 0.4) is 0 Å². The fourth-order valence-electron chi connectivity index (χ4n) is 3.37. The average molecular weight is 337 g/mol. The van der Waals surface area contributed by atoms with Crippen molar-refractivity contribution in [2.24, 2.45) is 0 Å². The van der Waals surface area contributed by atoms with E-state index in [9.17, 15) is 0 Å². The number of aromatic nitrogens is 1. The summed E-state index contributed by atoms with van der Waals surface area (Å²) in [4.78, 5) is 3.59. The number of benzene rings is 3. The molecule has 0 spiro atoms. The molecule has 0 aliphatic carbocycles. The number of hydrogen-bond donors (Lipinski definition) is 2. The Labute approximate surface area is 152 Å². The zero-order valence-electron chi connectivity index (χ0n) is 14.5. The van der Waals surface area contributed by atoms with Gasteiger partial charge in [0.2, 0.25) is 0 Å². The van der Waals surface area contributed by atoms with Crippen molar-refractivity contribution in [3.8, 4) is 6.07 Å². The highest BCUT2D eigenvalue weighted by Gasteiger charge is 2.19. The van der Waals surface area contributed by atoms with E-state index in [0.717, 1.165) is 16.9 Å². The minimum atomic E-state index is -0.00321. The Morgan fingerprint density at radius 1 is 0.885 bits per heavy atom. The van der Waals surface area contributed by atoms with Gasteiger partial charge in [-0.15, -0.1) is 0 Å². The van der Waals surface area contributed by atoms with E-state index in [1.165, 1.54) is 16.5 Å². The third-order valence-corrected chi connectivity index (χ3v) is 4.75. The second-order valence-electron chi connectivity index (χ2n) is 6.39. The Kier molecular flexibility index (Phi) is 4.17. The molecule has 126 valence electrons. The van der Waals surface area contributed by atoms with E-state index < -0.39 is 0 Å². The smallest absolute Gasteiger partial charge is 0.0991 e. The molecule has 3 heteroatoms. The van der Waals surface area contributed by atoms with Gasteiger partial charge in [-0.05, 0) is 48.4 Å². The van der Waals surface area contributed by atoms with Crippen LogP contribution >= 0.6 is 0 Å². The highest BCUT2D eigenvalue weighted by molar-refractivity contribution is 5.85. The predicted molar refractivity (Wildman–Crippen MR) is 106 cm³/mol. The lowest BCUT2D eigenvalue weighted by molar-refractivity contribution is 0.894. The molecular weight excluding hydrogens is 318 g/mol. The van der Waals surface area contributed by atoms with Crippen LogP contribution in [-0.2, 0) is 0 Å².